The molecule has 0 spiro atoms. The average molecular weight is 2240 g/mol. The number of nitrogens with zero attached hydrogens (tertiary/aromatic N) is 6. The Balaban J connectivity index is 0.000000131. The molecule has 2 saturated heterocycles. The topological polar surface area (TPSA) is 328 Å². The molecule has 0 radical (unpaired) electrons. The van der Waals surface area contributed by atoms with E-state index in [2.05, 4.69) is 77.8 Å². The number of nitrogens with one attached hydrogen (secondary N) is 7. The molecule has 26 nitrogen and oxygen atoms in total. The lowest BCUT2D eigenvalue weighted by Gasteiger charge is -2.35. The molecule has 9 aromatic carbocycles. The van der Waals surface area contributed by atoms with Gasteiger partial charge in [-0.3, -0.25) is 28.8 Å². The largest absolute Gasteiger partial charge is 0.506 e. The highest BCUT2D eigenvalue weighted by atomic mass is 128. The number of aromatic hydroxyl groups is 1. The lowest BCUT2D eigenvalue weighted by Crippen LogP contribution is -2.52. The molecule has 14 heterocycles. The number of aryl methyl sites for hydroxylation is 3. The van der Waals surface area contributed by atoms with Gasteiger partial charge in [0.2, 0.25) is 0 Å². The number of aromatic amines is 6. The van der Waals surface area contributed by atoms with E-state index in [1.807, 2.05) is 222 Å². The van der Waals surface area contributed by atoms with Crippen molar-refractivity contribution >= 4 is 272 Å². The molecule has 34 heteroatoms. The van der Waals surface area contributed by atoms with Crippen molar-refractivity contribution in [2.24, 2.45) is 0 Å². The number of benzene rings is 9. The van der Waals surface area contributed by atoms with Gasteiger partial charge in [0.1, 0.15) is 28.4 Å². The summed E-state index contributed by atoms with van der Waals surface area (Å²) >= 11 is 28.2. The number of carbonyl (C=O) groups excluding carboxylic acids is 9. The first-order valence-corrected chi connectivity index (χ1v) is 57.1. The molecule has 0 bridgehead atoms. The Morgan fingerprint density at radius 2 is 0.683 bits per heavy atom. The molecule has 3 atom stereocenters. The number of H-pyrrole nitrogens is 6. The van der Waals surface area contributed by atoms with E-state index in [-0.39, 0.29) is 77.8 Å². The highest BCUT2D eigenvalue weighted by Crippen LogP contribution is 2.53. The fourth-order valence-corrected chi connectivity index (χ4v) is 23.8. The van der Waals surface area contributed by atoms with Crippen LogP contribution >= 0.6 is 106 Å². The van der Waals surface area contributed by atoms with E-state index in [1.54, 1.807) is 41.5 Å². The summed E-state index contributed by atoms with van der Waals surface area (Å²) in [4.78, 5) is 150. The Morgan fingerprint density at radius 1 is 0.380 bits per heavy atom. The van der Waals surface area contributed by atoms with Crippen molar-refractivity contribution in [1.82, 2.24) is 49.9 Å². The van der Waals surface area contributed by atoms with E-state index >= 15 is 0 Å². The van der Waals surface area contributed by atoms with Crippen molar-refractivity contribution in [3.05, 3.63) is 282 Å². The number of halogens is 5. The van der Waals surface area contributed by atoms with Gasteiger partial charge in [-0.25, -0.2) is 14.4 Å². The van der Waals surface area contributed by atoms with Crippen LogP contribution in [0.25, 0.3) is 95.7 Å². The van der Waals surface area contributed by atoms with Gasteiger partial charge in [0.15, 0.2) is 28.8 Å². The Hall–Kier alpha value is -12.6. The Bertz CT molecular complexity index is 8030. The highest BCUT2D eigenvalue weighted by Gasteiger charge is 2.42. The number of hydrogen-bond donors (Lipinski definition) is 8. The van der Waals surface area contributed by atoms with Crippen LogP contribution in [0.2, 0.25) is 0 Å². The molecule has 18 aromatic rings. The number of phenols is 1. The van der Waals surface area contributed by atoms with E-state index in [0.717, 1.165) is 159 Å². The summed E-state index contributed by atoms with van der Waals surface area (Å²) in [6, 6.07) is 57.1. The molecule has 0 aliphatic carbocycles. The van der Waals surface area contributed by atoms with Gasteiger partial charge in [-0.05, 0) is 199 Å². The smallest absolute Gasteiger partial charge is 0.415 e. The number of ether oxygens (including phenoxy) is 3. The first kappa shape index (κ1) is 96.9. The average Bonchev–Trinajstić information content (AvgIpc) is 1.59. The number of para-hydroxylation sites is 3. The highest BCUT2D eigenvalue weighted by molar-refractivity contribution is 15.0. The monoisotopic (exact) mass is 2240 g/mol. The molecule has 2 fully saturated rings. The summed E-state index contributed by atoms with van der Waals surface area (Å²) in [6.45, 7) is 16.6. The summed E-state index contributed by atoms with van der Waals surface area (Å²) in [7, 11) is 0. The normalized spacial score (nSPS) is 15.7. The predicted octanol–water partition coefficient (Wildman–Crippen LogP) is 24.7. The van der Waals surface area contributed by atoms with E-state index < -0.39 is 23.9 Å². The molecular weight excluding hydrogens is 2140 g/mol. The minimum Gasteiger partial charge on any atom is -0.506 e. The molecule has 0 unspecified atom stereocenters. The lowest BCUT2D eigenvalue weighted by molar-refractivity contribution is 0.0153. The van der Waals surface area contributed by atoms with Crippen LogP contribution in [-0.4, -0.2) is 198 Å². The van der Waals surface area contributed by atoms with Crippen molar-refractivity contribution < 1.29 is 62.5 Å². The summed E-state index contributed by atoms with van der Waals surface area (Å²) < 4.78 is 20.1. The van der Waals surface area contributed by atoms with E-state index in [0.29, 0.717) is 139 Å². The van der Waals surface area contributed by atoms with E-state index in [1.165, 1.54) is 34.0 Å². The minimum absolute atomic E-state index is 0.00308. The van der Waals surface area contributed by atoms with Gasteiger partial charge in [0.25, 0.3) is 17.7 Å². The van der Waals surface area contributed by atoms with Crippen molar-refractivity contribution in [3.63, 3.8) is 0 Å². The number of aromatic nitrogens is 6. The zero-order valence-electron chi connectivity index (χ0n) is 77.9. The molecule has 142 heavy (non-hydrogen) atoms. The van der Waals surface area contributed by atoms with Gasteiger partial charge in [0.05, 0.1) is 48.2 Å². The first-order chi connectivity index (χ1) is 68.6. The van der Waals surface area contributed by atoms with Gasteiger partial charge in [-0.2, -0.15) is 0 Å². The van der Waals surface area contributed by atoms with Gasteiger partial charge in [-0.1, -0.05) is 72.8 Å². The Morgan fingerprint density at radius 3 is 1.03 bits per heavy atom. The van der Waals surface area contributed by atoms with E-state index in [4.69, 9.17) is 49.0 Å². The second-order valence-electron chi connectivity index (χ2n) is 37.5. The number of amides is 6. The second kappa shape index (κ2) is 40.3. The van der Waals surface area contributed by atoms with Crippen LogP contribution in [0.15, 0.2) is 198 Å². The van der Waals surface area contributed by atoms with Crippen LogP contribution < -0.4 is 29.5 Å². The first-order valence-electron chi connectivity index (χ1n) is 46.6. The number of alkyl halides is 3. The third-order valence-corrected chi connectivity index (χ3v) is 31.4. The third-order valence-electron chi connectivity index (χ3n) is 26.9. The summed E-state index contributed by atoms with van der Waals surface area (Å²) in [5, 5.41) is 28.5. The van der Waals surface area contributed by atoms with Crippen LogP contribution in [0.3, 0.4) is 0 Å². The number of ketones is 3. The summed E-state index contributed by atoms with van der Waals surface area (Å²) in [5.41, 5.74) is 18.4. The maximum absolute atomic E-state index is 14.3. The number of phenolic OH excluding ortho intramolecular Hbond substituents is 1. The van der Waals surface area contributed by atoms with Gasteiger partial charge in [-0.15, -0.1) is 68.8 Å². The molecular formula is C108H96Cl3I2N13O13S3. The predicted molar refractivity (Wildman–Crippen MR) is 585 cm³/mol. The zero-order chi connectivity index (χ0) is 99.0. The lowest BCUT2D eigenvalue weighted by atomic mass is 9.97. The van der Waals surface area contributed by atoms with E-state index in [9.17, 15) is 48.3 Å². The fraction of sp³-hybridized carbons (Fsp3) is 0.250. The molecule has 23 rings (SSSR count). The second-order valence-corrected chi connectivity index (χ2v) is 41.0. The third kappa shape index (κ3) is 19.0. The van der Waals surface area contributed by atoms with Crippen molar-refractivity contribution in [3.8, 4) is 17.2 Å². The number of thiophene rings is 3. The quantitative estimate of drug-likeness (QED) is 0.0239. The molecule has 9 aromatic heterocycles. The van der Waals surface area contributed by atoms with Crippen LogP contribution in [0, 0.1) is 20.8 Å². The number of Topliss-reactive ketones (excluding diaryl/α,β-unsaturated/α-hetero) is 3. The Kier molecular flexibility index (Phi) is 27.5. The van der Waals surface area contributed by atoms with Gasteiger partial charge >= 0.3 is 18.3 Å². The molecule has 5 aliphatic heterocycles. The van der Waals surface area contributed by atoms with Crippen LogP contribution in [0.1, 0.15) is 152 Å². The minimum atomic E-state index is -0.610. The number of fused-ring (bicyclic) bond motifs is 15. The van der Waals surface area contributed by atoms with Crippen LogP contribution in [0.5, 0.6) is 17.2 Å². The molecule has 0 saturated carbocycles. The standard InChI is InChI=1S/C41H40ClN5O6S.C36H32ClN5O4S.C31H24ClN3O3S.I2/c1-23-22-54-37-34(52-39(50)45-11-13-46(14-12-45)40(51)53-41(2,3)4)19-32-36(35(23)37)27(20-42)21-47(32)38(49)31-18-26-15-24(9-10-29(26)44-31)16-33(48)30-17-25-7-5-6-8-28(25)43-30;1-20-19-47-34-31(46-36(45)41-10-8-38-9-11-41)16-29-33(32(20)34)24(17-37)18-42(29)35(44)28-15-23-12-21(6-7-26(23)40-28)13-30(43)27-14-22-4-2-3-5-25(22)39-27;1-16-15-39-30-27(37)12-25-29(28(16)30)20(13-32)14-35(25)31(38)24-11-19-8-17(6-7-22(19)34-24)9-26(36)23-10-18-4-2-3-5-21(18)33-23;1-2/h5-10,15,17-19,22,27,43-44H,11-14,16,20-21H2,1-4H3;2-7,12,14-16,19,24,38-40H,8-11,13,17-18H2,1H3;2-8,10-12,15,20,33-34,37H,9,13-14H2,1H3;/t27-;24-;20-;/m111./s1. The number of rotatable bonds is 17. The summed E-state index contributed by atoms with van der Waals surface area (Å²) in [6.07, 6.45) is -0.618. The van der Waals surface area contributed by atoms with Crippen LogP contribution in [-0.2, 0) is 24.0 Å². The number of anilines is 3. The van der Waals surface area contributed by atoms with Gasteiger partial charge in [0, 0.05) is 264 Å². The Labute approximate surface area is 864 Å². The molecule has 6 amide bonds. The maximum atomic E-state index is 14.3. The van der Waals surface area contributed by atoms with Gasteiger partial charge < -0.3 is 83.9 Å². The summed E-state index contributed by atoms with van der Waals surface area (Å²) in [5.74, 6) is 1.19. The van der Waals surface area contributed by atoms with Crippen molar-refractivity contribution in [1.29, 1.82) is 0 Å². The fourth-order valence-electron chi connectivity index (χ4n) is 20.1. The van der Waals surface area contributed by atoms with Crippen molar-refractivity contribution in [2.75, 3.05) is 104 Å². The SMILES string of the molecule is Cc1csc2c(O)cc3c(c12)[C@H](CCl)CN3C(=O)c1cc2cc(CC(=O)c3cc4ccccc4[nH]3)ccc2[nH]1.Cc1csc2c(OC(=O)N3CCN(C(=O)OC(C)(C)C)CC3)cc3c(c12)[C@H](CCl)CN3C(=O)c1cc2cc(CC(=O)c3cc4ccccc4[nH]3)ccc2[nH]1.Cc1csc2c(OC(=O)N3CCNCC3)cc3c(c12)[C@H](CCl)CN3C(=O)c1cc2cc(CC(=O)c3cc4ccccc4[nH]3)ccc2[nH]1.II. The number of carbonyl (C=O) groups is 9. The zero-order valence-corrected chi connectivity index (χ0v) is 87.0. The number of piperazine rings is 2. The van der Waals surface area contributed by atoms with Crippen molar-refractivity contribution in [2.45, 2.75) is 84.2 Å². The number of hydrogen-bond acceptors (Lipinski definition) is 17. The molecule has 5 aliphatic rings. The maximum Gasteiger partial charge on any atom is 0.415 e. The van der Waals surface area contributed by atoms with Crippen LogP contribution in [0.4, 0.5) is 31.4 Å². The molecule has 8 N–H and O–H groups in total. The molecule has 724 valence electrons.